The molecular formula is C25H22N2O3. The summed E-state index contributed by atoms with van der Waals surface area (Å²) in [5.41, 5.74) is 2.46. The Balaban J connectivity index is 1.79. The van der Waals surface area contributed by atoms with Gasteiger partial charge in [0.05, 0.1) is 17.9 Å². The van der Waals surface area contributed by atoms with Crippen LogP contribution in [0.2, 0.25) is 0 Å². The monoisotopic (exact) mass is 398 g/mol. The van der Waals surface area contributed by atoms with Crippen LogP contribution in [-0.4, -0.2) is 18.4 Å². The quantitative estimate of drug-likeness (QED) is 0.577. The first kappa shape index (κ1) is 19.5. The van der Waals surface area contributed by atoms with Crippen LogP contribution in [0.15, 0.2) is 90.6 Å². The van der Waals surface area contributed by atoms with Crippen LogP contribution in [0.4, 0.5) is 11.4 Å². The van der Waals surface area contributed by atoms with E-state index in [-0.39, 0.29) is 11.6 Å². The first-order valence-electron chi connectivity index (χ1n) is 9.93. The van der Waals surface area contributed by atoms with Crippen LogP contribution in [0, 0.1) is 0 Å². The Kier molecular flexibility index (Phi) is 5.61. The van der Waals surface area contributed by atoms with Gasteiger partial charge < -0.3 is 10.1 Å². The third kappa shape index (κ3) is 3.70. The third-order valence-corrected chi connectivity index (χ3v) is 4.76. The van der Waals surface area contributed by atoms with E-state index in [0.29, 0.717) is 29.2 Å². The van der Waals surface area contributed by atoms with Gasteiger partial charge in [0.1, 0.15) is 11.4 Å². The molecule has 4 rings (SSSR count). The Morgan fingerprint density at radius 3 is 2.13 bits per heavy atom. The highest BCUT2D eigenvalue weighted by atomic mass is 16.5. The highest BCUT2D eigenvalue weighted by molar-refractivity contribution is 6.46. The van der Waals surface area contributed by atoms with Gasteiger partial charge in [-0.25, -0.2) is 4.90 Å². The third-order valence-electron chi connectivity index (χ3n) is 4.76. The number of nitrogens with one attached hydrogen (secondary N) is 1. The maximum atomic E-state index is 13.5. The minimum atomic E-state index is -0.407. The van der Waals surface area contributed by atoms with Crippen LogP contribution in [-0.2, 0) is 9.59 Å². The van der Waals surface area contributed by atoms with Crippen LogP contribution in [0.5, 0.6) is 5.75 Å². The van der Waals surface area contributed by atoms with Gasteiger partial charge in [-0.2, -0.15) is 0 Å². The molecule has 0 aliphatic carbocycles. The number of imide groups is 1. The zero-order valence-electron chi connectivity index (χ0n) is 16.7. The van der Waals surface area contributed by atoms with Gasteiger partial charge in [0.25, 0.3) is 11.8 Å². The maximum absolute atomic E-state index is 13.5. The summed E-state index contributed by atoms with van der Waals surface area (Å²) in [6.45, 7) is 2.51. The fraction of sp³-hybridized carbons (Fsp3) is 0.120. The van der Waals surface area contributed by atoms with Crippen molar-refractivity contribution in [2.75, 3.05) is 16.8 Å². The Morgan fingerprint density at radius 1 is 0.800 bits per heavy atom. The van der Waals surface area contributed by atoms with Crippen molar-refractivity contribution in [2.45, 2.75) is 13.3 Å². The number of benzene rings is 3. The number of ether oxygens (including phenoxy) is 1. The van der Waals surface area contributed by atoms with Crippen LogP contribution in [0.3, 0.4) is 0 Å². The average Bonchev–Trinajstić information content (AvgIpc) is 3.03. The van der Waals surface area contributed by atoms with E-state index in [9.17, 15) is 9.59 Å². The Labute approximate surface area is 175 Å². The van der Waals surface area contributed by atoms with E-state index in [1.165, 1.54) is 4.90 Å². The standard InChI is InChI=1S/C25H22N2O3/c1-2-17-30-21-16-10-9-15-20(21)27-24(28)22(18-11-5-3-6-12-18)23(25(27)29)26-19-13-7-4-8-14-19/h3-16,26H,2,17H2,1H3. The molecule has 0 saturated carbocycles. The lowest BCUT2D eigenvalue weighted by atomic mass is 10.0. The smallest absolute Gasteiger partial charge is 0.282 e. The molecular weight excluding hydrogens is 376 g/mol. The number of hydrogen-bond acceptors (Lipinski definition) is 4. The SMILES string of the molecule is CCCOc1ccccc1N1C(=O)C(Nc2ccccc2)=C(c2ccccc2)C1=O. The van der Waals surface area contributed by atoms with Crippen LogP contribution >= 0.6 is 0 Å². The number of hydrogen-bond donors (Lipinski definition) is 1. The minimum Gasteiger partial charge on any atom is -0.491 e. The summed E-state index contributed by atoms with van der Waals surface area (Å²) in [6, 6.07) is 25.7. The fourth-order valence-electron chi connectivity index (χ4n) is 3.38. The number of anilines is 2. The summed E-state index contributed by atoms with van der Waals surface area (Å²) in [7, 11) is 0. The first-order valence-corrected chi connectivity index (χ1v) is 9.93. The topological polar surface area (TPSA) is 58.6 Å². The molecule has 1 N–H and O–H groups in total. The van der Waals surface area contributed by atoms with Crippen molar-refractivity contribution in [2.24, 2.45) is 0 Å². The molecule has 5 nitrogen and oxygen atoms in total. The van der Waals surface area contributed by atoms with Crippen LogP contribution in [0.25, 0.3) is 5.57 Å². The van der Waals surface area contributed by atoms with Gasteiger partial charge in [0.15, 0.2) is 0 Å². The summed E-state index contributed by atoms with van der Waals surface area (Å²) in [4.78, 5) is 28.1. The van der Waals surface area contributed by atoms with E-state index < -0.39 is 5.91 Å². The van der Waals surface area contributed by atoms with Crippen molar-refractivity contribution in [3.63, 3.8) is 0 Å². The van der Waals surface area contributed by atoms with E-state index in [4.69, 9.17) is 4.74 Å². The van der Waals surface area contributed by atoms with Gasteiger partial charge in [-0.05, 0) is 36.2 Å². The van der Waals surface area contributed by atoms with Crippen LogP contribution in [0.1, 0.15) is 18.9 Å². The molecule has 0 saturated heterocycles. The largest absolute Gasteiger partial charge is 0.491 e. The van der Waals surface area contributed by atoms with Crippen LogP contribution < -0.4 is 15.0 Å². The molecule has 0 fully saturated rings. The van der Waals surface area contributed by atoms with Gasteiger partial charge in [-0.1, -0.05) is 67.6 Å². The molecule has 0 radical (unpaired) electrons. The molecule has 1 aliphatic heterocycles. The summed E-state index contributed by atoms with van der Waals surface area (Å²) < 4.78 is 5.80. The second-order valence-corrected chi connectivity index (χ2v) is 6.87. The van der Waals surface area contributed by atoms with Crippen molar-refractivity contribution in [3.05, 3.63) is 96.2 Å². The van der Waals surface area contributed by atoms with Crippen molar-refractivity contribution in [1.82, 2.24) is 0 Å². The van der Waals surface area contributed by atoms with E-state index in [0.717, 1.165) is 12.1 Å². The Hall–Kier alpha value is -3.86. The van der Waals surface area contributed by atoms with E-state index in [2.05, 4.69) is 5.32 Å². The zero-order valence-corrected chi connectivity index (χ0v) is 16.7. The van der Waals surface area contributed by atoms with E-state index in [1.54, 1.807) is 18.2 Å². The summed E-state index contributed by atoms with van der Waals surface area (Å²) in [6.07, 6.45) is 0.824. The van der Waals surface area contributed by atoms with Crippen molar-refractivity contribution >= 4 is 28.8 Å². The number of rotatable bonds is 7. The van der Waals surface area contributed by atoms with Crippen molar-refractivity contribution in [3.8, 4) is 5.75 Å². The molecule has 0 atom stereocenters. The van der Waals surface area contributed by atoms with Crippen molar-refractivity contribution < 1.29 is 14.3 Å². The average molecular weight is 398 g/mol. The summed E-state index contributed by atoms with van der Waals surface area (Å²) in [5.74, 6) is -0.276. The predicted molar refractivity (Wildman–Crippen MR) is 118 cm³/mol. The van der Waals surface area contributed by atoms with Crippen molar-refractivity contribution in [1.29, 1.82) is 0 Å². The molecule has 2 amide bonds. The molecule has 0 spiro atoms. The number of carbonyl (C=O) groups excluding carboxylic acids is 2. The minimum absolute atomic E-state index is 0.252. The van der Waals surface area contributed by atoms with Gasteiger partial charge in [-0.15, -0.1) is 0 Å². The van der Waals surface area contributed by atoms with E-state index >= 15 is 0 Å². The lowest BCUT2D eigenvalue weighted by Gasteiger charge is -2.19. The molecule has 5 heteroatoms. The Morgan fingerprint density at radius 2 is 1.43 bits per heavy atom. The van der Waals surface area contributed by atoms with Gasteiger partial charge in [-0.3, -0.25) is 9.59 Å². The molecule has 1 aliphatic rings. The Bertz CT molecular complexity index is 1090. The van der Waals surface area contributed by atoms with Gasteiger partial charge >= 0.3 is 0 Å². The molecule has 3 aromatic rings. The number of carbonyl (C=O) groups is 2. The molecule has 150 valence electrons. The first-order chi connectivity index (χ1) is 14.7. The highest BCUT2D eigenvalue weighted by Gasteiger charge is 2.41. The highest BCUT2D eigenvalue weighted by Crippen LogP contribution is 2.37. The predicted octanol–water partition coefficient (Wildman–Crippen LogP) is 4.87. The zero-order chi connectivity index (χ0) is 20.9. The fourth-order valence-corrected chi connectivity index (χ4v) is 3.38. The lowest BCUT2D eigenvalue weighted by Crippen LogP contribution is -2.32. The molecule has 1 heterocycles. The van der Waals surface area contributed by atoms with E-state index in [1.807, 2.05) is 73.7 Å². The number of para-hydroxylation sites is 3. The van der Waals surface area contributed by atoms with Gasteiger partial charge in [0.2, 0.25) is 0 Å². The molecule has 30 heavy (non-hydrogen) atoms. The maximum Gasteiger partial charge on any atom is 0.282 e. The summed E-state index contributed by atoms with van der Waals surface area (Å²) in [5, 5.41) is 3.16. The molecule has 3 aromatic carbocycles. The normalized spacial score (nSPS) is 13.7. The number of nitrogens with zero attached hydrogens (tertiary/aromatic N) is 1. The van der Waals surface area contributed by atoms with Gasteiger partial charge in [0, 0.05) is 5.69 Å². The second kappa shape index (κ2) is 8.66. The second-order valence-electron chi connectivity index (χ2n) is 6.87. The number of amides is 2. The lowest BCUT2D eigenvalue weighted by molar-refractivity contribution is -0.120. The molecule has 0 bridgehead atoms. The molecule has 0 unspecified atom stereocenters. The summed E-state index contributed by atoms with van der Waals surface area (Å²) >= 11 is 0. The molecule has 0 aromatic heterocycles.